The second-order valence-corrected chi connectivity index (χ2v) is 9.60. The maximum atomic E-state index is 14.8. The summed E-state index contributed by atoms with van der Waals surface area (Å²) in [5.74, 6) is -5.28. The molecule has 1 aliphatic heterocycles. The summed E-state index contributed by atoms with van der Waals surface area (Å²) in [5.41, 5.74) is 0.397. The van der Waals surface area contributed by atoms with Gasteiger partial charge in [-0.25, -0.2) is 17.6 Å². The lowest BCUT2D eigenvalue weighted by Crippen LogP contribution is -2.53. The van der Waals surface area contributed by atoms with Crippen LogP contribution in [0.4, 0.5) is 23.2 Å². The Morgan fingerprint density at radius 1 is 0.973 bits per heavy atom. The lowest BCUT2D eigenvalue weighted by atomic mass is 10.0. The van der Waals surface area contributed by atoms with Crippen LogP contribution < -0.4 is 16.0 Å². The van der Waals surface area contributed by atoms with Gasteiger partial charge in [-0.2, -0.15) is 0 Å². The van der Waals surface area contributed by atoms with E-state index in [9.17, 15) is 31.9 Å². The van der Waals surface area contributed by atoms with E-state index in [-0.39, 0.29) is 11.1 Å². The van der Waals surface area contributed by atoms with Gasteiger partial charge < -0.3 is 16.0 Å². The molecule has 0 unspecified atom stereocenters. The number of fused-ring (bicyclic) bond motifs is 1. The number of thioether (sulfide) groups is 1. The van der Waals surface area contributed by atoms with Gasteiger partial charge in [0.15, 0.2) is 0 Å². The van der Waals surface area contributed by atoms with Crippen LogP contribution in [0.5, 0.6) is 0 Å². The number of halogens is 4. The van der Waals surface area contributed by atoms with E-state index in [0.717, 1.165) is 42.1 Å². The Kier molecular flexibility index (Phi) is 7.82. The summed E-state index contributed by atoms with van der Waals surface area (Å²) >= 11 is 1.07. The van der Waals surface area contributed by atoms with Crippen molar-refractivity contribution in [1.82, 2.24) is 10.6 Å². The zero-order valence-corrected chi connectivity index (χ0v) is 20.2. The van der Waals surface area contributed by atoms with E-state index in [0.29, 0.717) is 16.6 Å². The Balaban J connectivity index is 1.54. The van der Waals surface area contributed by atoms with Gasteiger partial charge in [0.25, 0.3) is 0 Å². The number of amides is 3. The van der Waals surface area contributed by atoms with E-state index in [1.165, 1.54) is 6.92 Å². The first-order valence-corrected chi connectivity index (χ1v) is 12.0. The maximum Gasteiger partial charge on any atom is 0.248 e. The number of anilines is 1. The number of carbonyl (C=O) groups is 3. The number of benzene rings is 3. The van der Waals surface area contributed by atoms with Crippen molar-refractivity contribution in [2.24, 2.45) is 0 Å². The van der Waals surface area contributed by atoms with E-state index in [2.05, 4.69) is 16.0 Å². The van der Waals surface area contributed by atoms with Gasteiger partial charge in [0.05, 0.1) is 17.4 Å². The van der Waals surface area contributed by atoms with Gasteiger partial charge in [-0.15, -0.1) is 11.8 Å². The monoisotopic (exact) mass is 531 g/mol. The largest absolute Gasteiger partial charge is 0.344 e. The predicted octanol–water partition coefficient (Wildman–Crippen LogP) is 4.26. The van der Waals surface area contributed by atoms with Gasteiger partial charge in [-0.1, -0.05) is 12.1 Å². The molecule has 3 N–H and O–H groups in total. The molecule has 0 spiro atoms. The topological polar surface area (TPSA) is 87.3 Å². The van der Waals surface area contributed by atoms with E-state index in [1.54, 1.807) is 24.3 Å². The fraction of sp³-hybridized carbons (Fsp3) is 0.192. The highest BCUT2D eigenvalue weighted by Gasteiger charge is 2.38. The molecule has 1 aliphatic rings. The number of hydrogen-bond donors (Lipinski definition) is 3. The van der Waals surface area contributed by atoms with Crippen LogP contribution in [0.2, 0.25) is 0 Å². The molecular weight excluding hydrogens is 510 g/mol. The minimum Gasteiger partial charge on any atom is -0.344 e. The van der Waals surface area contributed by atoms with Crippen molar-refractivity contribution in [3.8, 4) is 0 Å². The zero-order valence-electron chi connectivity index (χ0n) is 19.4. The minimum absolute atomic E-state index is 0.0709. The molecule has 6 nitrogen and oxygen atoms in total. The molecule has 0 bridgehead atoms. The molecule has 0 saturated heterocycles. The van der Waals surface area contributed by atoms with Crippen molar-refractivity contribution in [2.75, 3.05) is 5.32 Å². The Labute approximate surface area is 213 Å². The lowest BCUT2D eigenvalue weighted by molar-refractivity contribution is -0.130. The zero-order chi connectivity index (χ0) is 26.7. The molecule has 0 aromatic heterocycles. The molecule has 192 valence electrons. The third-order valence-corrected chi connectivity index (χ3v) is 6.99. The SMILES string of the molecule is C[C@H](NC(=O)Cc1cc(F)cc(F)c1)C(=O)N[C@@H]1C(=O)Nc2ccccc2S[C@@H]1c1cc(F)ccc1F. The summed E-state index contributed by atoms with van der Waals surface area (Å²) in [4.78, 5) is 39.0. The van der Waals surface area contributed by atoms with Gasteiger partial charge in [0.2, 0.25) is 17.7 Å². The van der Waals surface area contributed by atoms with Crippen molar-refractivity contribution in [3.05, 3.63) is 95.1 Å². The van der Waals surface area contributed by atoms with Crippen molar-refractivity contribution in [2.45, 2.75) is 35.6 Å². The summed E-state index contributed by atoms with van der Waals surface area (Å²) in [5, 5.41) is 6.59. The molecular formula is C26H21F4N3O3S. The number of rotatable bonds is 6. The molecule has 3 amide bonds. The molecule has 11 heteroatoms. The molecule has 0 saturated carbocycles. The van der Waals surface area contributed by atoms with Gasteiger partial charge in [-0.3, -0.25) is 14.4 Å². The van der Waals surface area contributed by atoms with Crippen molar-refractivity contribution < 1.29 is 31.9 Å². The van der Waals surface area contributed by atoms with E-state index < -0.39 is 64.7 Å². The van der Waals surface area contributed by atoms with Crippen LogP contribution in [0.3, 0.4) is 0 Å². The second kappa shape index (κ2) is 11.0. The number of carbonyl (C=O) groups excluding carboxylic acids is 3. The average Bonchev–Trinajstić information content (AvgIpc) is 2.96. The fourth-order valence-corrected chi connectivity index (χ4v) is 5.19. The minimum atomic E-state index is -1.34. The van der Waals surface area contributed by atoms with Crippen LogP contribution in [-0.2, 0) is 20.8 Å². The van der Waals surface area contributed by atoms with Crippen LogP contribution in [-0.4, -0.2) is 29.8 Å². The first-order chi connectivity index (χ1) is 17.6. The van der Waals surface area contributed by atoms with Gasteiger partial charge in [-0.05, 0) is 55.0 Å². The second-order valence-electron chi connectivity index (χ2n) is 8.42. The number of hydrogen-bond acceptors (Lipinski definition) is 4. The smallest absolute Gasteiger partial charge is 0.248 e. The third kappa shape index (κ3) is 6.29. The van der Waals surface area contributed by atoms with Crippen molar-refractivity contribution in [1.29, 1.82) is 0 Å². The molecule has 37 heavy (non-hydrogen) atoms. The number of para-hydroxylation sites is 1. The normalized spacial score (nSPS) is 17.7. The van der Waals surface area contributed by atoms with Crippen LogP contribution in [0, 0.1) is 23.3 Å². The van der Waals surface area contributed by atoms with Gasteiger partial charge in [0.1, 0.15) is 35.4 Å². The Hall–Kier alpha value is -3.86. The van der Waals surface area contributed by atoms with Crippen LogP contribution in [0.15, 0.2) is 65.6 Å². The molecule has 3 aromatic rings. The highest BCUT2D eigenvalue weighted by Crippen LogP contribution is 2.44. The highest BCUT2D eigenvalue weighted by atomic mass is 32.2. The summed E-state index contributed by atoms with van der Waals surface area (Å²) in [6.45, 7) is 1.35. The molecule has 4 rings (SSSR count). The third-order valence-electron chi connectivity index (χ3n) is 5.60. The first kappa shape index (κ1) is 26.2. The lowest BCUT2D eigenvalue weighted by Gasteiger charge is -2.26. The van der Waals surface area contributed by atoms with Crippen LogP contribution in [0.25, 0.3) is 0 Å². The Morgan fingerprint density at radius 3 is 2.41 bits per heavy atom. The highest BCUT2D eigenvalue weighted by molar-refractivity contribution is 7.99. The molecule has 0 aliphatic carbocycles. The first-order valence-electron chi connectivity index (χ1n) is 11.2. The summed E-state index contributed by atoms with van der Waals surface area (Å²) in [7, 11) is 0. The molecule has 0 fully saturated rings. The quantitative estimate of drug-likeness (QED) is 0.415. The van der Waals surface area contributed by atoms with Crippen LogP contribution in [0.1, 0.15) is 23.3 Å². The average molecular weight is 532 g/mol. The molecule has 3 aromatic carbocycles. The summed E-state index contributed by atoms with van der Waals surface area (Å²) in [6.07, 6.45) is -0.390. The van der Waals surface area contributed by atoms with Crippen molar-refractivity contribution in [3.63, 3.8) is 0 Å². The molecule has 0 radical (unpaired) electrons. The van der Waals surface area contributed by atoms with E-state index in [4.69, 9.17) is 0 Å². The van der Waals surface area contributed by atoms with Crippen molar-refractivity contribution >= 4 is 35.2 Å². The Bertz CT molecular complexity index is 1350. The van der Waals surface area contributed by atoms with Gasteiger partial charge >= 0.3 is 0 Å². The van der Waals surface area contributed by atoms with Gasteiger partial charge in [0, 0.05) is 16.5 Å². The van der Waals surface area contributed by atoms with E-state index in [1.807, 2.05) is 0 Å². The summed E-state index contributed by atoms with van der Waals surface area (Å²) in [6, 6.07) is 9.78. The fourth-order valence-electron chi connectivity index (χ4n) is 3.88. The standard InChI is InChI=1S/C26H21F4N3O3S/c1-13(31-22(34)10-14-8-16(28)11-17(29)9-14)25(35)33-23-24(18-12-15(27)6-7-19(18)30)37-21-5-3-2-4-20(21)32-26(23)36/h2-9,11-13,23-24H,10H2,1H3,(H,31,34)(H,32,36)(H,33,35)/t13-,23-,24+/m0/s1. The maximum absolute atomic E-state index is 14.8. The molecule has 3 atom stereocenters. The van der Waals surface area contributed by atoms with E-state index >= 15 is 0 Å². The predicted molar refractivity (Wildman–Crippen MR) is 130 cm³/mol. The Morgan fingerprint density at radius 2 is 1.68 bits per heavy atom. The molecule has 1 heterocycles. The van der Waals surface area contributed by atoms with Crippen LogP contribution >= 0.6 is 11.8 Å². The summed E-state index contributed by atoms with van der Waals surface area (Å²) < 4.78 is 55.6. The number of nitrogens with one attached hydrogen (secondary N) is 3.